The zero-order chi connectivity index (χ0) is 41.2. The standard InChI is InChI=1S/C60H41NS/c1-4-20-42(21-5-1)43-38-40-46(41-39-43)48-27-12-15-34-55(48)61(56-35-16-13-28-50(56)53-32-18-33-54-51-29-14-17-37-58(51)62-60(53)54)57-36-19-31-49(45-24-8-3-9-25-45)59(57)52-30-11-10-26-47(52)44-22-6-2-7-23-44/h1-41H. The lowest BCUT2D eigenvalue weighted by molar-refractivity contribution is 1.28. The molecule has 0 amide bonds. The first-order valence-corrected chi connectivity index (χ1v) is 22.0. The maximum atomic E-state index is 2.53. The van der Waals surface area contributed by atoms with E-state index in [1.807, 2.05) is 11.3 Å². The summed E-state index contributed by atoms with van der Waals surface area (Å²) >= 11 is 1.88. The van der Waals surface area contributed by atoms with Gasteiger partial charge in [-0.15, -0.1) is 11.3 Å². The van der Waals surface area contributed by atoms with E-state index in [9.17, 15) is 0 Å². The van der Waals surface area contributed by atoms with E-state index < -0.39 is 0 Å². The number of para-hydroxylation sites is 2. The van der Waals surface area contributed by atoms with Crippen LogP contribution in [0, 0.1) is 0 Å². The molecular weight excluding hydrogens is 767 g/mol. The number of thiophene rings is 1. The molecule has 0 N–H and O–H groups in total. The first-order valence-electron chi connectivity index (χ1n) is 21.2. The van der Waals surface area contributed by atoms with E-state index >= 15 is 0 Å². The van der Waals surface area contributed by atoms with Gasteiger partial charge in [0.2, 0.25) is 0 Å². The third kappa shape index (κ3) is 6.77. The van der Waals surface area contributed by atoms with E-state index in [1.165, 1.54) is 75.8 Å². The van der Waals surface area contributed by atoms with Gasteiger partial charge in [-0.25, -0.2) is 0 Å². The van der Waals surface area contributed by atoms with E-state index in [0.717, 1.165) is 28.2 Å². The molecule has 0 radical (unpaired) electrons. The van der Waals surface area contributed by atoms with Crippen molar-refractivity contribution >= 4 is 48.6 Å². The summed E-state index contributed by atoms with van der Waals surface area (Å²) in [5.41, 5.74) is 17.4. The average Bonchev–Trinajstić information content (AvgIpc) is 3.74. The van der Waals surface area contributed by atoms with Crippen LogP contribution in [0.2, 0.25) is 0 Å². The van der Waals surface area contributed by atoms with Gasteiger partial charge in [-0.05, 0) is 68.8 Å². The topological polar surface area (TPSA) is 3.24 Å². The van der Waals surface area contributed by atoms with Crippen LogP contribution in [0.1, 0.15) is 0 Å². The normalized spacial score (nSPS) is 11.2. The highest BCUT2D eigenvalue weighted by Crippen LogP contribution is 2.52. The molecule has 0 fully saturated rings. The number of hydrogen-bond acceptors (Lipinski definition) is 2. The maximum Gasteiger partial charge on any atom is 0.0547 e. The first-order chi connectivity index (χ1) is 30.8. The largest absolute Gasteiger partial charge is 0.309 e. The molecule has 0 bridgehead atoms. The molecule has 1 nitrogen and oxygen atoms in total. The molecule has 0 spiro atoms. The van der Waals surface area contributed by atoms with E-state index in [0.29, 0.717) is 0 Å². The van der Waals surface area contributed by atoms with E-state index in [2.05, 4.69) is 254 Å². The Morgan fingerprint density at radius 1 is 0.242 bits per heavy atom. The molecule has 0 saturated carbocycles. The lowest BCUT2D eigenvalue weighted by Gasteiger charge is -2.33. The van der Waals surface area contributed by atoms with Crippen LogP contribution in [0.3, 0.4) is 0 Å². The second-order valence-electron chi connectivity index (χ2n) is 15.6. The summed E-state index contributed by atoms with van der Waals surface area (Å²) in [4.78, 5) is 2.53. The van der Waals surface area contributed by atoms with Crippen LogP contribution in [0.5, 0.6) is 0 Å². The van der Waals surface area contributed by atoms with Crippen molar-refractivity contribution in [1.82, 2.24) is 0 Å². The van der Waals surface area contributed by atoms with Gasteiger partial charge < -0.3 is 4.90 Å². The molecule has 1 heterocycles. The van der Waals surface area contributed by atoms with Crippen LogP contribution in [-0.4, -0.2) is 0 Å². The molecule has 10 aromatic carbocycles. The van der Waals surface area contributed by atoms with E-state index in [4.69, 9.17) is 0 Å². The number of nitrogens with zero attached hydrogens (tertiary/aromatic N) is 1. The molecular formula is C60H41NS. The van der Waals surface area contributed by atoms with Gasteiger partial charge in [0.15, 0.2) is 0 Å². The smallest absolute Gasteiger partial charge is 0.0547 e. The highest BCUT2D eigenvalue weighted by molar-refractivity contribution is 7.26. The van der Waals surface area contributed by atoms with Crippen molar-refractivity contribution in [2.45, 2.75) is 0 Å². The van der Waals surface area contributed by atoms with Crippen molar-refractivity contribution in [1.29, 1.82) is 0 Å². The Balaban J connectivity index is 1.22. The summed E-state index contributed by atoms with van der Waals surface area (Å²) in [7, 11) is 0. The molecule has 11 rings (SSSR count). The van der Waals surface area contributed by atoms with Gasteiger partial charge in [-0.3, -0.25) is 0 Å². The molecule has 2 heteroatoms. The lowest BCUT2D eigenvalue weighted by Crippen LogP contribution is -2.14. The fourth-order valence-corrected chi connectivity index (χ4v) is 10.3. The highest BCUT2D eigenvalue weighted by Gasteiger charge is 2.27. The Bertz CT molecular complexity index is 3330. The Kier molecular flexibility index (Phi) is 9.82. The quantitative estimate of drug-likeness (QED) is 0.140. The zero-order valence-electron chi connectivity index (χ0n) is 34.0. The molecule has 0 saturated heterocycles. The summed E-state index contributed by atoms with van der Waals surface area (Å²) in [5, 5.41) is 2.58. The molecule has 292 valence electrons. The molecule has 62 heavy (non-hydrogen) atoms. The summed E-state index contributed by atoms with van der Waals surface area (Å²) in [5.74, 6) is 0. The Labute approximate surface area is 367 Å². The van der Waals surface area contributed by atoms with Gasteiger partial charge in [0.05, 0.1) is 17.1 Å². The molecule has 0 unspecified atom stereocenters. The summed E-state index contributed by atoms with van der Waals surface area (Å²) < 4.78 is 2.59. The lowest BCUT2D eigenvalue weighted by atomic mass is 9.87. The van der Waals surface area contributed by atoms with Crippen LogP contribution in [-0.2, 0) is 0 Å². The minimum absolute atomic E-state index is 1.10. The van der Waals surface area contributed by atoms with Crippen molar-refractivity contribution in [3.8, 4) is 66.8 Å². The van der Waals surface area contributed by atoms with Crippen molar-refractivity contribution in [3.05, 3.63) is 249 Å². The number of benzene rings is 10. The van der Waals surface area contributed by atoms with Gasteiger partial charge in [0.1, 0.15) is 0 Å². The van der Waals surface area contributed by atoms with E-state index in [-0.39, 0.29) is 0 Å². The minimum Gasteiger partial charge on any atom is -0.309 e. The molecule has 0 aliphatic heterocycles. The maximum absolute atomic E-state index is 2.53. The molecule has 1 aromatic heterocycles. The second kappa shape index (κ2) is 16.3. The van der Waals surface area contributed by atoms with Crippen LogP contribution >= 0.6 is 11.3 Å². The Hall–Kier alpha value is -7.78. The number of anilines is 3. The van der Waals surface area contributed by atoms with Crippen molar-refractivity contribution in [3.63, 3.8) is 0 Å². The first kappa shape index (κ1) is 37.2. The summed E-state index contributed by atoms with van der Waals surface area (Å²) in [6.07, 6.45) is 0. The summed E-state index contributed by atoms with van der Waals surface area (Å²) in [6, 6.07) is 90.5. The van der Waals surface area contributed by atoms with Gasteiger partial charge >= 0.3 is 0 Å². The zero-order valence-corrected chi connectivity index (χ0v) is 34.8. The monoisotopic (exact) mass is 807 g/mol. The van der Waals surface area contributed by atoms with Gasteiger partial charge in [0, 0.05) is 42.4 Å². The van der Waals surface area contributed by atoms with Crippen molar-refractivity contribution in [2.75, 3.05) is 4.90 Å². The predicted molar refractivity (Wildman–Crippen MR) is 267 cm³/mol. The molecule has 0 aliphatic rings. The second-order valence-corrected chi connectivity index (χ2v) is 16.6. The number of fused-ring (bicyclic) bond motifs is 3. The molecule has 11 aromatic rings. The third-order valence-corrected chi connectivity index (χ3v) is 13.2. The van der Waals surface area contributed by atoms with Gasteiger partial charge in [-0.2, -0.15) is 0 Å². The van der Waals surface area contributed by atoms with Gasteiger partial charge in [0.25, 0.3) is 0 Å². The van der Waals surface area contributed by atoms with Crippen LogP contribution < -0.4 is 4.90 Å². The number of hydrogen-bond donors (Lipinski definition) is 0. The fraction of sp³-hybridized carbons (Fsp3) is 0. The third-order valence-electron chi connectivity index (χ3n) is 11.9. The Morgan fingerprint density at radius 3 is 1.37 bits per heavy atom. The predicted octanol–water partition coefficient (Wildman–Crippen LogP) is 17.5. The van der Waals surface area contributed by atoms with Crippen LogP contribution in [0.25, 0.3) is 86.9 Å². The molecule has 0 aliphatic carbocycles. The summed E-state index contributed by atoms with van der Waals surface area (Å²) in [6.45, 7) is 0. The number of rotatable bonds is 9. The fourth-order valence-electron chi connectivity index (χ4n) is 9.07. The minimum atomic E-state index is 1.10. The average molecular weight is 808 g/mol. The van der Waals surface area contributed by atoms with E-state index in [1.54, 1.807) is 0 Å². The molecule has 0 atom stereocenters. The van der Waals surface area contributed by atoms with Gasteiger partial charge in [-0.1, -0.05) is 224 Å². The SMILES string of the molecule is c1ccc(-c2ccc(-c3ccccc3N(c3ccccc3-c3cccc4c3sc3ccccc34)c3cccc(-c4ccccc4)c3-c3ccccc3-c3ccccc3)cc2)cc1. The van der Waals surface area contributed by atoms with Crippen molar-refractivity contribution < 1.29 is 0 Å². The van der Waals surface area contributed by atoms with Crippen molar-refractivity contribution in [2.24, 2.45) is 0 Å². The van der Waals surface area contributed by atoms with Crippen LogP contribution in [0.4, 0.5) is 17.1 Å². The van der Waals surface area contributed by atoms with Crippen LogP contribution in [0.15, 0.2) is 249 Å². The highest BCUT2D eigenvalue weighted by atomic mass is 32.1. The Morgan fingerprint density at radius 2 is 0.661 bits per heavy atom.